The van der Waals surface area contributed by atoms with Crippen molar-refractivity contribution in [3.05, 3.63) is 71.8 Å². The summed E-state index contributed by atoms with van der Waals surface area (Å²) in [4.78, 5) is 11.9. The maximum atomic E-state index is 11.9. The molecule has 3 heteroatoms. The molecule has 1 heterocycles. The molecule has 0 fully saturated rings. The van der Waals surface area contributed by atoms with E-state index in [1.54, 1.807) is 0 Å². The van der Waals surface area contributed by atoms with Gasteiger partial charge in [0, 0.05) is 5.69 Å². The Morgan fingerprint density at radius 3 is 2.47 bits per heavy atom. The maximum Gasteiger partial charge on any atom is 0.255 e. The third-order valence-corrected chi connectivity index (χ3v) is 3.05. The number of rotatable bonds is 2. The van der Waals surface area contributed by atoms with Crippen molar-refractivity contribution >= 4 is 17.7 Å². The van der Waals surface area contributed by atoms with Crippen molar-refractivity contribution in [3.8, 4) is 0 Å². The van der Waals surface area contributed by atoms with Crippen LogP contribution in [0.5, 0.6) is 0 Å². The molecular weight excluding hydrogens is 236 g/mol. The zero-order valence-electron chi connectivity index (χ0n) is 10.3. The van der Waals surface area contributed by atoms with E-state index in [9.17, 15) is 4.79 Å². The zero-order chi connectivity index (χ0) is 13.1. The minimum atomic E-state index is -0.178. The number of benzene rings is 2. The number of para-hydroxylation sites is 1. The molecule has 0 aromatic heterocycles. The van der Waals surface area contributed by atoms with Crippen molar-refractivity contribution in [2.45, 2.75) is 6.17 Å². The van der Waals surface area contributed by atoms with Gasteiger partial charge >= 0.3 is 0 Å². The Labute approximate surface area is 112 Å². The molecule has 0 spiro atoms. The SMILES string of the molecule is O=C1NC(/C=C\c2ccccc2)Nc2ccccc21. The standard InChI is InChI=1S/C16H14N2O/c19-16-13-8-4-5-9-14(13)17-15(18-16)11-10-12-6-2-1-3-7-12/h1-11,15,17H,(H,18,19)/b11-10-. The van der Waals surface area contributed by atoms with Crippen LogP contribution in [0.4, 0.5) is 5.69 Å². The number of carbonyl (C=O) groups is 1. The van der Waals surface area contributed by atoms with Gasteiger partial charge in [0.2, 0.25) is 0 Å². The van der Waals surface area contributed by atoms with Gasteiger partial charge in [-0.2, -0.15) is 0 Å². The molecule has 2 aromatic carbocycles. The first-order valence-electron chi connectivity index (χ1n) is 6.22. The number of nitrogens with one attached hydrogen (secondary N) is 2. The monoisotopic (exact) mass is 250 g/mol. The van der Waals surface area contributed by atoms with E-state index in [0.29, 0.717) is 5.56 Å². The third kappa shape index (κ3) is 2.50. The Bertz CT molecular complexity index is 620. The second-order valence-corrected chi connectivity index (χ2v) is 4.41. The molecule has 19 heavy (non-hydrogen) atoms. The minimum Gasteiger partial charge on any atom is -0.361 e. The minimum absolute atomic E-state index is 0.0444. The molecule has 2 aromatic rings. The quantitative estimate of drug-likeness (QED) is 0.860. The van der Waals surface area contributed by atoms with Crippen LogP contribution in [0.25, 0.3) is 6.08 Å². The smallest absolute Gasteiger partial charge is 0.255 e. The van der Waals surface area contributed by atoms with Crippen LogP contribution in [-0.2, 0) is 0 Å². The van der Waals surface area contributed by atoms with Crippen molar-refractivity contribution in [1.82, 2.24) is 5.32 Å². The van der Waals surface area contributed by atoms with Crippen LogP contribution >= 0.6 is 0 Å². The molecule has 1 aliphatic rings. The third-order valence-electron chi connectivity index (χ3n) is 3.05. The van der Waals surface area contributed by atoms with Crippen molar-refractivity contribution in [1.29, 1.82) is 0 Å². The van der Waals surface area contributed by atoms with Crippen LogP contribution in [0.2, 0.25) is 0 Å². The van der Waals surface area contributed by atoms with E-state index < -0.39 is 0 Å². The summed E-state index contributed by atoms with van der Waals surface area (Å²) in [5.74, 6) is -0.0444. The summed E-state index contributed by atoms with van der Waals surface area (Å²) in [7, 11) is 0. The number of amides is 1. The van der Waals surface area contributed by atoms with E-state index in [4.69, 9.17) is 0 Å². The highest BCUT2D eigenvalue weighted by Crippen LogP contribution is 2.19. The summed E-state index contributed by atoms with van der Waals surface area (Å²) in [6.45, 7) is 0. The molecule has 0 saturated heterocycles. The van der Waals surface area contributed by atoms with E-state index in [1.807, 2.05) is 66.7 Å². The normalized spacial score (nSPS) is 17.7. The van der Waals surface area contributed by atoms with E-state index >= 15 is 0 Å². The molecule has 3 rings (SSSR count). The number of carbonyl (C=O) groups excluding carboxylic acids is 1. The average molecular weight is 250 g/mol. The van der Waals surface area contributed by atoms with Gasteiger partial charge in [0.15, 0.2) is 0 Å². The van der Waals surface area contributed by atoms with Crippen molar-refractivity contribution in [2.24, 2.45) is 0 Å². The molecule has 0 radical (unpaired) electrons. The van der Waals surface area contributed by atoms with Crippen LogP contribution in [0, 0.1) is 0 Å². The van der Waals surface area contributed by atoms with Crippen LogP contribution < -0.4 is 10.6 Å². The van der Waals surface area contributed by atoms with Gasteiger partial charge in [-0.3, -0.25) is 4.79 Å². The highest BCUT2D eigenvalue weighted by Gasteiger charge is 2.20. The van der Waals surface area contributed by atoms with Crippen molar-refractivity contribution in [3.63, 3.8) is 0 Å². The zero-order valence-corrected chi connectivity index (χ0v) is 10.3. The highest BCUT2D eigenvalue weighted by atomic mass is 16.2. The lowest BCUT2D eigenvalue weighted by molar-refractivity contribution is 0.0943. The summed E-state index contributed by atoms with van der Waals surface area (Å²) in [6.07, 6.45) is 3.76. The first-order valence-corrected chi connectivity index (χ1v) is 6.22. The molecule has 0 aliphatic carbocycles. The highest BCUT2D eigenvalue weighted by molar-refractivity contribution is 6.01. The molecule has 1 aliphatic heterocycles. The van der Waals surface area contributed by atoms with Crippen LogP contribution in [0.1, 0.15) is 15.9 Å². The Morgan fingerprint density at radius 1 is 0.895 bits per heavy atom. The summed E-state index contributed by atoms with van der Waals surface area (Å²) in [5.41, 5.74) is 2.67. The fourth-order valence-corrected chi connectivity index (χ4v) is 2.10. The molecule has 94 valence electrons. The lowest BCUT2D eigenvalue weighted by Gasteiger charge is -2.25. The first kappa shape index (κ1) is 11.5. The lowest BCUT2D eigenvalue weighted by atomic mass is 10.1. The van der Waals surface area contributed by atoms with Gasteiger partial charge in [0.05, 0.1) is 5.56 Å². The average Bonchev–Trinajstić information content (AvgIpc) is 2.46. The molecule has 3 nitrogen and oxygen atoms in total. The maximum absolute atomic E-state index is 11.9. The fourth-order valence-electron chi connectivity index (χ4n) is 2.10. The number of anilines is 1. The summed E-state index contributed by atoms with van der Waals surface area (Å²) in [6, 6.07) is 17.5. The van der Waals surface area contributed by atoms with E-state index in [0.717, 1.165) is 11.3 Å². The lowest BCUT2D eigenvalue weighted by Crippen LogP contribution is -2.43. The van der Waals surface area contributed by atoms with Crippen molar-refractivity contribution < 1.29 is 4.79 Å². The van der Waals surface area contributed by atoms with Gasteiger partial charge in [-0.25, -0.2) is 0 Å². The van der Waals surface area contributed by atoms with Crippen molar-refractivity contribution in [2.75, 3.05) is 5.32 Å². The predicted octanol–water partition coefficient (Wildman–Crippen LogP) is 2.88. The van der Waals surface area contributed by atoms with Crippen LogP contribution in [0.3, 0.4) is 0 Å². The topological polar surface area (TPSA) is 41.1 Å². The van der Waals surface area contributed by atoms with E-state index in [1.165, 1.54) is 0 Å². The molecule has 1 unspecified atom stereocenters. The first-order chi connectivity index (χ1) is 9.33. The predicted molar refractivity (Wildman–Crippen MR) is 76.8 cm³/mol. The number of hydrogen-bond donors (Lipinski definition) is 2. The van der Waals surface area contributed by atoms with Crippen LogP contribution in [0.15, 0.2) is 60.7 Å². The Morgan fingerprint density at radius 2 is 1.63 bits per heavy atom. The Kier molecular flexibility index (Phi) is 3.02. The Hall–Kier alpha value is -2.55. The summed E-state index contributed by atoms with van der Waals surface area (Å²) >= 11 is 0. The van der Waals surface area contributed by atoms with Gasteiger partial charge in [-0.05, 0) is 23.8 Å². The largest absolute Gasteiger partial charge is 0.361 e. The van der Waals surface area contributed by atoms with E-state index in [-0.39, 0.29) is 12.1 Å². The molecule has 0 saturated carbocycles. The Balaban J connectivity index is 1.79. The molecular formula is C16H14N2O. The summed E-state index contributed by atoms with van der Waals surface area (Å²) in [5, 5.41) is 6.18. The van der Waals surface area contributed by atoms with Gasteiger partial charge in [-0.1, -0.05) is 48.5 Å². The number of hydrogen-bond acceptors (Lipinski definition) is 2. The van der Waals surface area contributed by atoms with Gasteiger partial charge in [0.25, 0.3) is 5.91 Å². The second-order valence-electron chi connectivity index (χ2n) is 4.41. The number of fused-ring (bicyclic) bond motifs is 1. The second kappa shape index (κ2) is 4.98. The molecule has 2 N–H and O–H groups in total. The van der Waals surface area contributed by atoms with Gasteiger partial charge in [-0.15, -0.1) is 0 Å². The van der Waals surface area contributed by atoms with E-state index in [2.05, 4.69) is 10.6 Å². The molecule has 1 amide bonds. The summed E-state index contributed by atoms with van der Waals surface area (Å²) < 4.78 is 0. The van der Waals surface area contributed by atoms with Crippen LogP contribution in [-0.4, -0.2) is 12.1 Å². The van der Waals surface area contributed by atoms with Gasteiger partial charge in [0.1, 0.15) is 6.17 Å². The van der Waals surface area contributed by atoms with Gasteiger partial charge < -0.3 is 10.6 Å². The fraction of sp³-hybridized carbons (Fsp3) is 0.0625. The molecule has 1 atom stereocenters. The molecule has 0 bridgehead atoms.